The monoisotopic (exact) mass is 459 g/mol. The third kappa shape index (κ3) is 4.26. The number of amides is 2. The lowest BCUT2D eigenvalue weighted by Gasteiger charge is -2.18. The Hall–Kier alpha value is -4.07. The summed E-state index contributed by atoms with van der Waals surface area (Å²) in [6, 6.07) is 12.6. The number of fused-ring (bicyclic) bond motifs is 2. The van der Waals surface area contributed by atoms with Gasteiger partial charge in [0, 0.05) is 34.9 Å². The fraction of sp³-hybridized carbons (Fsp3) is 0.269. The maximum Gasteiger partial charge on any atom is 0.291 e. The summed E-state index contributed by atoms with van der Waals surface area (Å²) in [5.74, 6) is 1.56. The SMILES string of the molecule is Cc1cccc(C(=O)N/N=C2\CCCc3oc(C(=O)Nc4ccc5c(c4)OCCO5)c(C)c32)c1. The molecule has 0 bridgehead atoms. The minimum atomic E-state index is -0.355. The second kappa shape index (κ2) is 9.05. The quantitative estimate of drug-likeness (QED) is 0.564. The molecule has 2 amide bonds. The van der Waals surface area contributed by atoms with Crippen LogP contribution in [0.3, 0.4) is 0 Å². The van der Waals surface area contributed by atoms with Gasteiger partial charge in [-0.1, -0.05) is 17.7 Å². The van der Waals surface area contributed by atoms with E-state index in [1.54, 1.807) is 24.3 Å². The Morgan fingerprint density at radius 3 is 2.59 bits per heavy atom. The third-order valence-corrected chi connectivity index (χ3v) is 5.90. The zero-order chi connectivity index (χ0) is 23.7. The number of ether oxygens (including phenoxy) is 2. The lowest BCUT2D eigenvalue weighted by molar-refractivity contribution is 0.0953. The minimum Gasteiger partial charge on any atom is -0.486 e. The topological polar surface area (TPSA) is 102 Å². The average molecular weight is 460 g/mol. The molecule has 8 nitrogen and oxygen atoms in total. The lowest BCUT2D eigenvalue weighted by Crippen LogP contribution is -2.22. The lowest BCUT2D eigenvalue weighted by atomic mass is 9.93. The van der Waals surface area contributed by atoms with Crippen LogP contribution in [0, 0.1) is 13.8 Å². The van der Waals surface area contributed by atoms with Crippen LogP contribution in [0.5, 0.6) is 11.5 Å². The second-order valence-corrected chi connectivity index (χ2v) is 8.39. The maximum atomic E-state index is 13.0. The molecule has 0 radical (unpaired) electrons. The van der Waals surface area contributed by atoms with Gasteiger partial charge in [-0.2, -0.15) is 5.10 Å². The molecule has 1 aliphatic heterocycles. The minimum absolute atomic E-state index is 0.236. The highest BCUT2D eigenvalue weighted by molar-refractivity contribution is 6.09. The molecular weight excluding hydrogens is 434 g/mol. The van der Waals surface area contributed by atoms with Crippen LogP contribution in [0.25, 0.3) is 0 Å². The molecule has 0 spiro atoms. The zero-order valence-electron chi connectivity index (χ0n) is 19.1. The molecule has 2 aromatic carbocycles. The number of carbonyl (C=O) groups excluding carboxylic acids is 2. The number of carbonyl (C=O) groups is 2. The molecule has 0 atom stereocenters. The molecule has 0 saturated carbocycles. The number of nitrogens with zero attached hydrogens (tertiary/aromatic N) is 1. The first-order valence-electron chi connectivity index (χ1n) is 11.3. The van der Waals surface area contributed by atoms with Crippen LogP contribution >= 0.6 is 0 Å². The highest BCUT2D eigenvalue weighted by atomic mass is 16.6. The number of hydrogen-bond acceptors (Lipinski definition) is 6. The van der Waals surface area contributed by atoms with Crippen molar-refractivity contribution in [1.29, 1.82) is 0 Å². The fourth-order valence-electron chi connectivity index (χ4n) is 4.27. The molecule has 3 aromatic rings. The van der Waals surface area contributed by atoms with E-state index in [-0.39, 0.29) is 17.6 Å². The normalized spacial score (nSPS) is 15.5. The van der Waals surface area contributed by atoms with Crippen molar-refractivity contribution in [3.63, 3.8) is 0 Å². The molecule has 34 heavy (non-hydrogen) atoms. The third-order valence-electron chi connectivity index (χ3n) is 5.90. The van der Waals surface area contributed by atoms with Gasteiger partial charge in [0.2, 0.25) is 0 Å². The Morgan fingerprint density at radius 2 is 1.76 bits per heavy atom. The summed E-state index contributed by atoms with van der Waals surface area (Å²) >= 11 is 0. The van der Waals surface area contributed by atoms with Gasteiger partial charge in [-0.3, -0.25) is 9.59 Å². The summed E-state index contributed by atoms with van der Waals surface area (Å²) in [4.78, 5) is 25.6. The Bertz CT molecular complexity index is 1310. The Morgan fingerprint density at radius 1 is 0.941 bits per heavy atom. The highest BCUT2D eigenvalue weighted by Crippen LogP contribution is 2.34. The number of rotatable bonds is 4. The summed E-state index contributed by atoms with van der Waals surface area (Å²) < 4.78 is 17.1. The average Bonchev–Trinajstić information content (AvgIpc) is 3.19. The molecule has 0 fully saturated rings. The predicted molar refractivity (Wildman–Crippen MR) is 127 cm³/mol. The molecule has 8 heteroatoms. The van der Waals surface area contributed by atoms with E-state index in [4.69, 9.17) is 13.9 Å². The Kier molecular flexibility index (Phi) is 5.79. The number of benzene rings is 2. The predicted octanol–water partition coefficient (Wildman–Crippen LogP) is 4.39. The van der Waals surface area contributed by atoms with Crippen molar-refractivity contribution in [3.05, 3.63) is 76.2 Å². The van der Waals surface area contributed by atoms with Crippen LogP contribution in [0.2, 0.25) is 0 Å². The maximum absolute atomic E-state index is 13.0. The molecule has 0 unspecified atom stereocenters. The van der Waals surface area contributed by atoms with Gasteiger partial charge in [-0.25, -0.2) is 5.43 Å². The molecular formula is C26H25N3O5. The van der Waals surface area contributed by atoms with Crippen LogP contribution in [-0.2, 0) is 6.42 Å². The molecule has 1 aliphatic carbocycles. The number of nitrogens with one attached hydrogen (secondary N) is 2. The van der Waals surface area contributed by atoms with Crippen molar-refractivity contribution in [2.24, 2.45) is 5.10 Å². The number of hydrogen-bond donors (Lipinski definition) is 2. The molecule has 5 rings (SSSR count). The Balaban J connectivity index is 1.36. The van der Waals surface area contributed by atoms with Crippen LogP contribution < -0.4 is 20.2 Å². The summed E-state index contributed by atoms with van der Waals surface area (Å²) in [7, 11) is 0. The molecule has 0 saturated heterocycles. The van der Waals surface area contributed by atoms with Gasteiger partial charge in [-0.15, -0.1) is 0 Å². The number of hydrazone groups is 1. The smallest absolute Gasteiger partial charge is 0.291 e. The van der Waals surface area contributed by atoms with Gasteiger partial charge >= 0.3 is 0 Å². The zero-order valence-corrected chi connectivity index (χ0v) is 19.1. The number of anilines is 1. The first-order valence-corrected chi connectivity index (χ1v) is 11.3. The van der Waals surface area contributed by atoms with E-state index < -0.39 is 0 Å². The van der Waals surface area contributed by atoms with Gasteiger partial charge < -0.3 is 19.2 Å². The standard InChI is InChI=1S/C26H25N3O5/c1-15-5-3-6-17(13-15)25(30)29-28-19-7-4-8-21-23(19)16(2)24(34-21)26(31)27-18-9-10-20-22(14-18)33-12-11-32-20/h3,5-6,9-10,13-14H,4,7-8,11-12H2,1-2H3,(H,27,31)(H,29,30)/b28-19+. The summed E-state index contributed by atoms with van der Waals surface area (Å²) in [6.45, 7) is 4.74. The van der Waals surface area contributed by atoms with Crippen LogP contribution in [0.15, 0.2) is 52.0 Å². The molecule has 1 aromatic heterocycles. The molecule has 2 N–H and O–H groups in total. The van der Waals surface area contributed by atoms with E-state index in [1.165, 1.54) is 0 Å². The highest BCUT2D eigenvalue weighted by Gasteiger charge is 2.28. The van der Waals surface area contributed by atoms with Crippen molar-refractivity contribution in [1.82, 2.24) is 5.43 Å². The van der Waals surface area contributed by atoms with E-state index in [2.05, 4.69) is 15.8 Å². The van der Waals surface area contributed by atoms with E-state index >= 15 is 0 Å². The van der Waals surface area contributed by atoms with Crippen LogP contribution in [0.1, 0.15) is 56.2 Å². The van der Waals surface area contributed by atoms with E-state index in [1.807, 2.05) is 32.0 Å². The van der Waals surface area contributed by atoms with Gasteiger partial charge in [-0.05, 0) is 51.0 Å². The second-order valence-electron chi connectivity index (χ2n) is 8.39. The van der Waals surface area contributed by atoms with Gasteiger partial charge in [0.25, 0.3) is 11.8 Å². The first kappa shape index (κ1) is 21.8. The largest absolute Gasteiger partial charge is 0.486 e. The summed E-state index contributed by atoms with van der Waals surface area (Å²) in [5.41, 5.74) is 6.99. The molecule has 2 heterocycles. The molecule has 174 valence electrons. The van der Waals surface area contributed by atoms with Gasteiger partial charge in [0.15, 0.2) is 17.3 Å². The van der Waals surface area contributed by atoms with Crippen LogP contribution in [0.4, 0.5) is 5.69 Å². The number of furan rings is 1. The summed E-state index contributed by atoms with van der Waals surface area (Å²) in [5, 5.41) is 7.26. The first-order chi connectivity index (χ1) is 16.5. The van der Waals surface area contributed by atoms with Crippen molar-refractivity contribution in [3.8, 4) is 11.5 Å². The van der Waals surface area contributed by atoms with Crippen LogP contribution in [-0.4, -0.2) is 30.7 Å². The molecule has 2 aliphatic rings. The Labute approximate surface area is 196 Å². The fourth-order valence-corrected chi connectivity index (χ4v) is 4.27. The number of aryl methyl sites for hydroxylation is 2. The summed E-state index contributed by atoms with van der Waals surface area (Å²) in [6.07, 6.45) is 2.21. The van der Waals surface area contributed by atoms with Crippen molar-refractivity contribution < 1.29 is 23.5 Å². The van der Waals surface area contributed by atoms with Crippen molar-refractivity contribution in [2.75, 3.05) is 18.5 Å². The van der Waals surface area contributed by atoms with E-state index in [0.29, 0.717) is 65.8 Å². The van der Waals surface area contributed by atoms with Crippen molar-refractivity contribution >= 4 is 23.2 Å². The van der Waals surface area contributed by atoms with Gasteiger partial charge in [0.1, 0.15) is 19.0 Å². The van der Waals surface area contributed by atoms with Gasteiger partial charge in [0.05, 0.1) is 5.71 Å². The van der Waals surface area contributed by atoms with E-state index in [0.717, 1.165) is 17.5 Å². The van der Waals surface area contributed by atoms with Crippen molar-refractivity contribution in [2.45, 2.75) is 33.1 Å². The van der Waals surface area contributed by atoms with E-state index in [9.17, 15) is 9.59 Å².